The van der Waals surface area contributed by atoms with Gasteiger partial charge in [0.25, 0.3) is 0 Å². The Morgan fingerprint density at radius 3 is 1.21 bits per heavy atom. The number of benzene rings is 8. The van der Waals surface area contributed by atoms with Gasteiger partial charge in [0.05, 0.1) is 40.1 Å². The predicted octanol–water partition coefficient (Wildman–Crippen LogP) is 13.5. The fourth-order valence-corrected chi connectivity index (χ4v) is 10.3. The van der Waals surface area contributed by atoms with Gasteiger partial charge in [-0.05, 0) is 137 Å². The molecule has 0 fully saturated rings. The summed E-state index contributed by atoms with van der Waals surface area (Å²) >= 11 is 0. The van der Waals surface area contributed by atoms with E-state index in [9.17, 15) is 10.5 Å². The van der Waals surface area contributed by atoms with Gasteiger partial charge in [0.2, 0.25) is 0 Å². The minimum Gasteiger partial charge on any atom is -0.256 e. The summed E-state index contributed by atoms with van der Waals surface area (Å²) in [6.07, 6.45) is 3.42. The Morgan fingerprint density at radius 1 is 0.344 bits per heavy atom. The van der Waals surface area contributed by atoms with Crippen molar-refractivity contribution in [2.24, 2.45) is 0 Å². The lowest BCUT2D eigenvalue weighted by molar-refractivity contribution is 0.795. The Morgan fingerprint density at radius 2 is 0.754 bits per heavy atom. The first-order valence-corrected chi connectivity index (χ1v) is 20.4. The lowest BCUT2D eigenvalue weighted by Gasteiger charge is -2.31. The Balaban J connectivity index is 1.20. The van der Waals surface area contributed by atoms with Crippen molar-refractivity contribution in [2.45, 2.75) is 5.41 Å². The Hall–Kier alpha value is -8.44. The number of fused-ring (bicyclic) bond motifs is 14. The van der Waals surface area contributed by atoms with Crippen LogP contribution in [0.25, 0.3) is 88.6 Å². The van der Waals surface area contributed by atoms with E-state index in [4.69, 9.17) is 0 Å². The molecule has 12 rings (SSSR count). The SMILES string of the molecule is N#Cc1ccnc(-c2cccc(-c3cc4c(c5ccccc35)-c3c(cc(-c5cccc(-c6cc(C#N)ccn6)c5)c5ccccc35)C43c4ccccc4-c4ccccc43)c2)c1. The fourth-order valence-electron chi connectivity index (χ4n) is 10.3. The van der Waals surface area contributed by atoms with Crippen molar-refractivity contribution in [1.29, 1.82) is 10.5 Å². The third kappa shape index (κ3) is 4.97. The van der Waals surface area contributed by atoms with Gasteiger partial charge >= 0.3 is 0 Å². The zero-order chi connectivity index (χ0) is 40.7. The Bertz CT molecular complexity index is 3350. The van der Waals surface area contributed by atoms with E-state index >= 15 is 0 Å². The molecule has 0 radical (unpaired) electrons. The average Bonchev–Trinajstić information content (AvgIpc) is 3.81. The largest absolute Gasteiger partial charge is 0.256 e. The first-order chi connectivity index (χ1) is 30.1. The van der Waals surface area contributed by atoms with Gasteiger partial charge < -0.3 is 0 Å². The molecule has 2 aromatic heterocycles. The minimum atomic E-state index is -0.629. The van der Waals surface area contributed by atoms with Crippen molar-refractivity contribution < 1.29 is 0 Å². The fraction of sp³-hybridized carbons (Fsp3) is 0.0175. The second-order valence-corrected chi connectivity index (χ2v) is 15.9. The van der Waals surface area contributed by atoms with E-state index in [1.807, 2.05) is 12.1 Å². The molecule has 2 heterocycles. The quantitative estimate of drug-likeness (QED) is 0.179. The third-order valence-corrected chi connectivity index (χ3v) is 12.8. The molecule has 0 saturated carbocycles. The highest BCUT2D eigenvalue weighted by molar-refractivity contribution is 6.18. The number of hydrogen-bond acceptors (Lipinski definition) is 4. The molecule has 2 aliphatic carbocycles. The molecule has 0 atom stereocenters. The van der Waals surface area contributed by atoms with E-state index < -0.39 is 5.41 Å². The standard InChI is InChI=1S/C57H32N4/c58-33-35-23-25-60-53(27-35)39-13-9-11-37(29-39)47-31-51-55(45-19-3-1-15-41(45)47)56-46-20-4-2-16-42(46)48(38-12-10-14-40(30-38)54-28-36(34-59)24-26-61-54)32-52(56)57(51)49-21-7-5-17-43(49)44-18-6-8-22-50(44)57/h1-32H. The highest BCUT2D eigenvalue weighted by atomic mass is 14.7. The van der Waals surface area contributed by atoms with Gasteiger partial charge in [-0.1, -0.05) is 133 Å². The van der Waals surface area contributed by atoms with E-state index in [2.05, 4.69) is 180 Å². The molecule has 0 saturated heterocycles. The molecule has 8 aromatic carbocycles. The lowest BCUT2D eigenvalue weighted by atomic mass is 9.69. The molecule has 280 valence electrons. The second-order valence-electron chi connectivity index (χ2n) is 15.9. The normalized spacial score (nSPS) is 12.7. The summed E-state index contributed by atoms with van der Waals surface area (Å²) < 4.78 is 0. The zero-order valence-corrected chi connectivity index (χ0v) is 32.8. The first-order valence-electron chi connectivity index (χ1n) is 20.4. The van der Waals surface area contributed by atoms with E-state index in [1.165, 1.54) is 66.1 Å². The van der Waals surface area contributed by atoms with Crippen LogP contribution in [0, 0.1) is 22.7 Å². The highest BCUT2D eigenvalue weighted by Crippen LogP contribution is 2.66. The molecular weight excluding hydrogens is 741 g/mol. The van der Waals surface area contributed by atoms with Gasteiger partial charge in [-0.25, -0.2) is 0 Å². The summed E-state index contributed by atoms with van der Waals surface area (Å²) in [6.45, 7) is 0. The van der Waals surface area contributed by atoms with Gasteiger partial charge in [-0.2, -0.15) is 10.5 Å². The number of nitriles is 2. The van der Waals surface area contributed by atoms with Crippen molar-refractivity contribution in [2.75, 3.05) is 0 Å². The number of rotatable bonds is 4. The molecule has 61 heavy (non-hydrogen) atoms. The minimum absolute atomic E-state index is 0.583. The third-order valence-electron chi connectivity index (χ3n) is 12.8. The van der Waals surface area contributed by atoms with Gasteiger partial charge in [0.15, 0.2) is 0 Å². The summed E-state index contributed by atoms with van der Waals surface area (Å²) in [5, 5.41) is 24.2. The Labute approximate surface area is 353 Å². The molecule has 0 aliphatic heterocycles. The van der Waals surface area contributed by atoms with E-state index in [0.717, 1.165) is 44.8 Å². The summed E-state index contributed by atoms with van der Waals surface area (Å²) in [4.78, 5) is 9.35. The molecule has 2 aliphatic rings. The lowest BCUT2D eigenvalue weighted by Crippen LogP contribution is -2.26. The smallest absolute Gasteiger partial charge is 0.0992 e. The molecule has 4 nitrogen and oxygen atoms in total. The van der Waals surface area contributed by atoms with E-state index in [1.54, 1.807) is 24.5 Å². The van der Waals surface area contributed by atoms with Crippen LogP contribution in [0.1, 0.15) is 33.4 Å². The molecule has 10 aromatic rings. The summed E-state index contributed by atoms with van der Waals surface area (Å²) in [7, 11) is 0. The Kier molecular flexibility index (Phi) is 7.54. The van der Waals surface area contributed by atoms with Crippen molar-refractivity contribution in [1.82, 2.24) is 9.97 Å². The monoisotopic (exact) mass is 772 g/mol. The maximum Gasteiger partial charge on any atom is 0.0992 e. The second kappa shape index (κ2) is 13.3. The van der Waals surface area contributed by atoms with Gasteiger partial charge in [0, 0.05) is 23.5 Å². The van der Waals surface area contributed by atoms with Crippen LogP contribution < -0.4 is 0 Å². The van der Waals surface area contributed by atoms with Crippen LogP contribution in [0.3, 0.4) is 0 Å². The molecule has 0 amide bonds. The predicted molar refractivity (Wildman–Crippen MR) is 245 cm³/mol. The van der Waals surface area contributed by atoms with Crippen LogP contribution in [0.2, 0.25) is 0 Å². The van der Waals surface area contributed by atoms with Gasteiger partial charge in [-0.3, -0.25) is 9.97 Å². The van der Waals surface area contributed by atoms with Crippen molar-refractivity contribution >= 4 is 21.5 Å². The highest BCUT2D eigenvalue weighted by Gasteiger charge is 2.53. The topological polar surface area (TPSA) is 73.4 Å². The molecule has 4 heteroatoms. The van der Waals surface area contributed by atoms with Crippen LogP contribution >= 0.6 is 0 Å². The first kappa shape index (κ1) is 34.6. The summed E-state index contributed by atoms with van der Waals surface area (Å²) in [5.74, 6) is 0. The number of pyridine rings is 2. The number of nitrogens with zero attached hydrogens (tertiary/aromatic N) is 4. The van der Waals surface area contributed by atoms with Crippen LogP contribution in [0.15, 0.2) is 194 Å². The molecular formula is C57H32N4. The van der Waals surface area contributed by atoms with Gasteiger partial charge in [-0.15, -0.1) is 0 Å². The molecule has 0 N–H and O–H groups in total. The number of aromatic nitrogens is 2. The van der Waals surface area contributed by atoms with Crippen LogP contribution in [-0.4, -0.2) is 9.97 Å². The van der Waals surface area contributed by atoms with E-state index in [0.29, 0.717) is 11.1 Å². The number of hydrogen-bond donors (Lipinski definition) is 0. The maximum atomic E-state index is 9.70. The summed E-state index contributed by atoms with van der Waals surface area (Å²) in [6, 6.07) is 69.5. The van der Waals surface area contributed by atoms with Gasteiger partial charge in [0.1, 0.15) is 0 Å². The average molecular weight is 773 g/mol. The van der Waals surface area contributed by atoms with Crippen molar-refractivity contribution in [3.05, 3.63) is 228 Å². The molecule has 0 bridgehead atoms. The van der Waals surface area contributed by atoms with E-state index in [-0.39, 0.29) is 0 Å². The van der Waals surface area contributed by atoms with Crippen LogP contribution in [-0.2, 0) is 5.41 Å². The van der Waals surface area contributed by atoms with Crippen molar-refractivity contribution in [3.63, 3.8) is 0 Å². The summed E-state index contributed by atoms with van der Waals surface area (Å²) in [5.41, 5.74) is 18.5. The molecule has 0 unspecified atom stereocenters. The van der Waals surface area contributed by atoms with Crippen LogP contribution in [0.4, 0.5) is 0 Å². The maximum absolute atomic E-state index is 9.70. The molecule has 1 spiro atoms. The van der Waals surface area contributed by atoms with Crippen LogP contribution in [0.5, 0.6) is 0 Å². The zero-order valence-electron chi connectivity index (χ0n) is 32.8. The van der Waals surface area contributed by atoms with Crippen molar-refractivity contribution in [3.8, 4) is 79.2 Å².